The fraction of sp³-hybridized carbons (Fsp3) is 0.727. The van der Waals surface area contributed by atoms with Crippen molar-refractivity contribution in [3.63, 3.8) is 0 Å². The summed E-state index contributed by atoms with van der Waals surface area (Å²) in [4.78, 5) is 6.70. The minimum absolute atomic E-state index is 0.861. The van der Waals surface area contributed by atoms with Gasteiger partial charge in [0, 0.05) is 38.6 Å². The summed E-state index contributed by atoms with van der Waals surface area (Å²) in [6, 6.07) is 0.861. The van der Waals surface area contributed by atoms with E-state index in [0.29, 0.717) is 0 Å². The van der Waals surface area contributed by atoms with E-state index in [0.717, 1.165) is 31.5 Å². The Bertz CT molecular complexity index is 303. The highest BCUT2D eigenvalue weighted by molar-refractivity contribution is 4.90. The van der Waals surface area contributed by atoms with Gasteiger partial charge in [0.15, 0.2) is 0 Å². The molecule has 1 aromatic rings. The summed E-state index contributed by atoms with van der Waals surface area (Å²) in [6.07, 6.45) is 6.59. The summed E-state index contributed by atoms with van der Waals surface area (Å²) in [7, 11) is 4.24. The molecule has 4 nitrogen and oxygen atoms in total. The number of likely N-dealkylation sites (N-methyl/N-ethyl adjacent to an activating group) is 1. The molecule has 0 amide bonds. The number of imidazole rings is 1. The molecular weight excluding hydrogens is 188 g/mol. The molecule has 2 rings (SSSR count). The van der Waals surface area contributed by atoms with E-state index in [1.807, 2.05) is 19.4 Å². The van der Waals surface area contributed by atoms with Gasteiger partial charge in [-0.25, -0.2) is 4.98 Å². The lowest BCUT2D eigenvalue weighted by Gasteiger charge is -2.15. The molecule has 15 heavy (non-hydrogen) atoms. The topological polar surface area (TPSA) is 33.1 Å². The van der Waals surface area contributed by atoms with Crippen molar-refractivity contribution in [3.8, 4) is 0 Å². The Balaban J connectivity index is 1.60. The molecule has 1 saturated carbocycles. The molecule has 0 atom stereocenters. The molecule has 0 aliphatic heterocycles. The molecule has 1 N–H and O–H groups in total. The van der Waals surface area contributed by atoms with Gasteiger partial charge < -0.3 is 14.8 Å². The van der Waals surface area contributed by atoms with Crippen LogP contribution in [-0.2, 0) is 13.6 Å². The zero-order valence-electron chi connectivity index (χ0n) is 9.61. The van der Waals surface area contributed by atoms with Gasteiger partial charge in [-0.1, -0.05) is 0 Å². The summed E-state index contributed by atoms with van der Waals surface area (Å²) in [5.41, 5.74) is 0. The van der Waals surface area contributed by atoms with Gasteiger partial charge in [0.25, 0.3) is 0 Å². The van der Waals surface area contributed by atoms with E-state index in [2.05, 4.69) is 26.8 Å². The van der Waals surface area contributed by atoms with E-state index in [1.54, 1.807) is 0 Å². The lowest BCUT2D eigenvalue weighted by atomic mass is 10.5. The molecule has 0 spiro atoms. The Morgan fingerprint density at radius 3 is 3.00 bits per heavy atom. The summed E-state index contributed by atoms with van der Waals surface area (Å²) >= 11 is 0. The number of nitrogens with zero attached hydrogens (tertiary/aromatic N) is 3. The minimum Gasteiger partial charge on any atom is -0.337 e. The van der Waals surface area contributed by atoms with Crippen molar-refractivity contribution in [1.29, 1.82) is 0 Å². The Morgan fingerprint density at radius 2 is 2.40 bits per heavy atom. The van der Waals surface area contributed by atoms with Gasteiger partial charge in [-0.2, -0.15) is 0 Å². The van der Waals surface area contributed by atoms with Crippen LogP contribution in [0.4, 0.5) is 0 Å². The van der Waals surface area contributed by atoms with Crippen molar-refractivity contribution in [3.05, 3.63) is 18.2 Å². The summed E-state index contributed by atoms with van der Waals surface area (Å²) in [5, 5.41) is 3.42. The number of aryl methyl sites for hydroxylation is 1. The van der Waals surface area contributed by atoms with Crippen molar-refractivity contribution >= 4 is 0 Å². The second kappa shape index (κ2) is 4.77. The maximum Gasteiger partial charge on any atom is 0.122 e. The predicted octanol–water partition coefficient (Wildman–Crippen LogP) is 0.604. The van der Waals surface area contributed by atoms with Crippen molar-refractivity contribution in [2.45, 2.75) is 25.4 Å². The SMILES string of the molecule is CN(CCNCc1nccn1C)C1CC1. The molecule has 0 bridgehead atoms. The quantitative estimate of drug-likeness (QED) is 0.695. The summed E-state index contributed by atoms with van der Waals surface area (Å²) in [5.74, 6) is 1.10. The Morgan fingerprint density at radius 1 is 1.60 bits per heavy atom. The number of hydrogen-bond acceptors (Lipinski definition) is 3. The lowest BCUT2D eigenvalue weighted by Crippen LogP contribution is -2.30. The van der Waals surface area contributed by atoms with E-state index >= 15 is 0 Å². The smallest absolute Gasteiger partial charge is 0.122 e. The van der Waals surface area contributed by atoms with Gasteiger partial charge in [-0.05, 0) is 19.9 Å². The maximum absolute atomic E-state index is 4.27. The molecule has 0 unspecified atom stereocenters. The lowest BCUT2D eigenvalue weighted by molar-refractivity contribution is 0.321. The van der Waals surface area contributed by atoms with Crippen LogP contribution in [-0.4, -0.2) is 40.6 Å². The van der Waals surface area contributed by atoms with Crippen molar-refractivity contribution in [1.82, 2.24) is 19.8 Å². The third kappa shape index (κ3) is 3.04. The van der Waals surface area contributed by atoms with Crippen LogP contribution >= 0.6 is 0 Å². The van der Waals surface area contributed by atoms with Gasteiger partial charge in [0.2, 0.25) is 0 Å². The molecule has 0 saturated heterocycles. The van der Waals surface area contributed by atoms with Gasteiger partial charge in [-0.3, -0.25) is 0 Å². The first-order valence-electron chi connectivity index (χ1n) is 5.64. The van der Waals surface area contributed by atoms with E-state index in [9.17, 15) is 0 Å². The van der Waals surface area contributed by atoms with Crippen LogP contribution in [0.3, 0.4) is 0 Å². The molecule has 1 fully saturated rings. The van der Waals surface area contributed by atoms with Crippen LogP contribution in [0, 0.1) is 0 Å². The molecule has 0 radical (unpaired) electrons. The van der Waals surface area contributed by atoms with Gasteiger partial charge >= 0.3 is 0 Å². The number of aromatic nitrogens is 2. The first kappa shape index (κ1) is 10.6. The highest BCUT2D eigenvalue weighted by Crippen LogP contribution is 2.24. The van der Waals surface area contributed by atoms with Gasteiger partial charge in [0.05, 0.1) is 6.54 Å². The van der Waals surface area contributed by atoms with Gasteiger partial charge in [-0.15, -0.1) is 0 Å². The molecular formula is C11H20N4. The molecule has 1 aliphatic rings. The summed E-state index contributed by atoms with van der Waals surface area (Å²) < 4.78 is 2.05. The summed E-state index contributed by atoms with van der Waals surface area (Å²) in [6.45, 7) is 3.04. The Labute approximate surface area is 91.3 Å². The third-order valence-electron chi connectivity index (χ3n) is 3.02. The standard InChI is InChI=1S/C11H20N4/c1-14(10-3-4-10)7-5-12-9-11-13-6-8-15(11)2/h6,8,10,12H,3-5,7,9H2,1-2H3. The third-order valence-corrected chi connectivity index (χ3v) is 3.02. The number of rotatable bonds is 6. The van der Waals surface area contributed by atoms with E-state index < -0.39 is 0 Å². The average Bonchev–Trinajstić information content (AvgIpc) is 2.99. The largest absolute Gasteiger partial charge is 0.337 e. The van der Waals surface area contributed by atoms with Crippen molar-refractivity contribution < 1.29 is 0 Å². The molecule has 0 aromatic carbocycles. The number of hydrogen-bond donors (Lipinski definition) is 1. The second-order valence-electron chi connectivity index (χ2n) is 4.34. The van der Waals surface area contributed by atoms with Crippen LogP contribution < -0.4 is 5.32 Å². The second-order valence-corrected chi connectivity index (χ2v) is 4.34. The fourth-order valence-corrected chi connectivity index (χ4v) is 1.72. The molecule has 1 heterocycles. The molecule has 1 aromatic heterocycles. The van der Waals surface area contributed by atoms with Crippen LogP contribution in [0.1, 0.15) is 18.7 Å². The molecule has 4 heteroatoms. The van der Waals surface area contributed by atoms with Crippen molar-refractivity contribution in [2.24, 2.45) is 7.05 Å². The Hall–Kier alpha value is -0.870. The fourth-order valence-electron chi connectivity index (χ4n) is 1.72. The predicted molar refractivity (Wildman–Crippen MR) is 60.6 cm³/mol. The first-order valence-corrected chi connectivity index (χ1v) is 5.64. The maximum atomic E-state index is 4.27. The zero-order chi connectivity index (χ0) is 10.7. The van der Waals surface area contributed by atoms with Crippen LogP contribution in [0.2, 0.25) is 0 Å². The van der Waals surface area contributed by atoms with Gasteiger partial charge in [0.1, 0.15) is 5.82 Å². The van der Waals surface area contributed by atoms with Crippen molar-refractivity contribution in [2.75, 3.05) is 20.1 Å². The first-order chi connectivity index (χ1) is 7.27. The monoisotopic (exact) mass is 208 g/mol. The Kier molecular flexibility index (Phi) is 3.38. The highest BCUT2D eigenvalue weighted by atomic mass is 15.2. The van der Waals surface area contributed by atoms with Crippen LogP contribution in [0.25, 0.3) is 0 Å². The minimum atomic E-state index is 0.861. The number of nitrogens with one attached hydrogen (secondary N) is 1. The van der Waals surface area contributed by atoms with Crippen LogP contribution in [0.15, 0.2) is 12.4 Å². The normalized spacial score (nSPS) is 16.2. The van der Waals surface area contributed by atoms with Crippen LogP contribution in [0.5, 0.6) is 0 Å². The average molecular weight is 208 g/mol. The van der Waals surface area contributed by atoms with E-state index in [4.69, 9.17) is 0 Å². The van der Waals surface area contributed by atoms with E-state index in [1.165, 1.54) is 12.8 Å². The highest BCUT2D eigenvalue weighted by Gasteiger charge is 2.25. The molecule has 1 aliphatic carbocycles. The molecule has 84 valence electrons. The zero-order valence-corrected chi connectivity index (χ0v) is 9.61. The van der Waals surface area contributed by atoms with E-state index in [-0.39, 0.29) is 0 Å².